The van der Waals surface area contributed by atoms with Gasteiger partial charge in [-0.25, -0.2) is 0 Å². The van der Waals surface area contributed by atoms with E-state index < -0.39 is 0 Å². The average molecular weight is 246 g/mol. The third-order valence-corrected chi connectivity index (χ3v) is 3.40. The molecule has 1 aromatic carbocycles. The maximum absolute atomic E-state index is 5.85. The molecule has 0 bridgehead atoms. The zero-order valence-electron chi connectivity index (χ0n) is 10.4. The van der Waals surface area contributed by atoms with Gasteiger partial charge < -0.3 is 14.9 Å². The lowest BCUT2D eigenvalue weighted by atomic mass is 10.2. The lowest BCUT2D eigenvalue weighted by molar-refractivity contribution is 0.238. The third-order valence-electron chi connectivity index (χ3n) is 3.40. The summed E-state index contributed by atoms with van der Waals surface area (Å²) in [5, 5.41) is 0.992. The fraction of sp³-hybridized carbons (Fsp3) is 0.429. The minimum Gasteiger partial charge on any atom is -0.488 e. The van der Waals surface area contributed by atoms with Crippen LogP contribution in [0.2, 0.25) is 0 Å². The highest BCUT2D eigenvalue weighted by molar-refractivity contribution is 5.86. The Bertz CT molecular complexity index is 530. The summed E-state index contributed by atoms with van der Waals surface area (Å²) in [7, 11) is 0. The minimum absolute atomic E-state index is 0.680. The first-order chi connectivity index (χ1) is 8.83. The molecular formula is C14H18N2O2. The van der Waals surface area contributed by atoms with E-state index in [1.54, 1.807) is 6.26 Å². The summed E-state index contributed by atoms with van der Waals surface area (Å²) in [4.78, 5) is 2.42. The van der Waals surface area contributed by atoms with Crippen LogP contribution in [0, 0.1) is 0 Å². The Balaban J connectivity index is 1.67. The van der Waals surface area contributed by atoms with Crippen LogP contribution in [0.3, 0.4) is 0 Å². The van der Waals surface area contributed by atoms with Crippen molar-refractivity contribution in [3.8, 4) is 5.75 Å². The van der Waals surface area contributed by atoms with Crippen LogP contribution in [-0.4, -0.2) is 31.1 Å². The number of rotatable bonds is 4. The first-order valence-corrected chi connectivity index (χ1v) is 6.45. The monoisotopic (exact) mass is 246 g/mol. The van der Waals surface area contributed by atoms with Gasteiger partial charge >= 0.3 is 0 Å². The Morgan fingerprint density at radius 3 is 2.94 bits per heavy atom. The molecule has 0 spiro atoms. The van der Waals surface area contributed by atoms with Crippen molar-refractivity contribution in [2.75, 3.05) is 32.0 Å². The smallest absolute Gasteiger partial charge is 0.175 e. The summed E-state index contributed by atoms with van der Waals surface area (Å²) in [6.07, 6.45) is 4.28. The lowest BCUT2D eigenvalue weighted by Crippen LogP contribution is -2.25. The Morgan fingerprint density at radius 2 is 2.11 bits per heavy atom. The van der Waals surface area contributed by atoms with Crippen molar-refractivity contribution in [3.05, 3.63) is 24.5 Å². The molecule has 3 rings (SSSR count). The van der Waals surface area contributed by atoms with Gasteiger partial charge in [-0.1, -0.05) is 0 Å². The molecular weight excluding hydrogens is 228 g/mol. The van der Waals surface area contributed by atoms with Gasteiger partial charge in [-0.2, -0.15) is 0 Å². The second kappa shape index (κ2) is 4.90. The number of hydrogen-bond acceptors (Lipinski definition) is 4. The molecule has 1 aliphatic heterocycles. The summed E-state index contributed by atoms with van der Waals surface area (Å²) in [6.45, 7) is 4.03. The Hall–Kier alpha value is -1.68. The highest BCUT2D eigenvalue weighted by Crippen LogP contribution is 2.29. The predicted molar refractivity (Wildman–Crippen MR) is 71.8 cm³/mol. The molecule has 1 saturated heterocycles. The Kier molecular flexibility index (Phi) is 3.11. The largest absolute Gasteiger partial charge is 0.488 e. The molecule has 0 radical (unpaired) electrons. The van der Waals surface area contributed by atoms with Crippen LogP contribution in [0.4, 0.5) is 5.69 Å². The van der Waals surface area contributed by atoms with Crippen LogP contribution in [0.5, 0.6) is 5.75 Å². The second-order valence-corrected chi connectivity index (χ2v) is 4.76. The minimum atomic E-state index is 0.680. The maximum atomic E-state index is 5.85. The second-order valence-electron chi connectivity index (χ2n) is 4.76. The molecule has 1 fully saturated rings. The SMILES string of the molecule is Nc1cc(OCCN2CCCC2)c2occc2c1. The highest BCUT2D eigenvalue weighted by atomic mass is 16.5. The number of benzene rings is 1. The van der Waals surface area contributed by atoms with Gasteiger partial charge in [0.05, 0.1) is 6.26 Å². The first-order valence-electron chi connectivity index (χ1n) is 6.45. The molecule has 2 aromatic rings. The summed E-state index contributed by atoms with van der Waals surface area (Å²) in [6, 6.07) is 5.63. The van der Waals surface area contributed by atoms with Crippen molar-refractivity contribution in [1.82, 2.24) is 4.90 Å². The molecule has 0 aliphatic carbocycles. The summed E-state index contributed by atoms with van der Waals surface area (Å²) in [5.41, 5.74) is 7.34. The van der Waals surface area contributed by atoms with E-state index in [9.17, 15) is 0 Å². The molecule has 0 amide bonds. The zero-order chi connectivity index (χ0) is 12.4. The van der Waals surface area contributed by atoms with E-state index in [2.05, 4.69) is 4.90 Å². The van der Waals surface area contributed by atoms with Crippen LogP contribution < -0.4 is 10.5 Å². The number of nitrogens with zero attached hydrogens (tertiary/aromatic N) is 1. The van der Waals surface area contributed by atoms with Gasteiger partial charge in [0.15, 0.2) is 11.3 Å². The average Bonchev–Trinajstić information content (AvgIpc) is 2.98. The van der Waals surface area contributed by atoms with Gasteiger partial charge in [0.1, 0.15) is 6.61 Å². The molecule has 0 atom stereocenters. The van der Waals surface area contributed by atoms with Gasteiger partial charge in [0.2, 0.25) is 0 Å². The summed E-state index contributed by atoms with van der Waals surface area (Å²) >= 11 is 0. The summed E-state index contributed by atoms with van der Waals surface area (Å²) < 4.78 is 11.2. The van der Waals surface area contributed by atoms with Crippen molar-refractivity contribution >= 4 is 16.7 Å². The van der Waals surface area contributed by atoms with Gasteiger partial charge in [-0.15, -0.1) is 0 Å². The molecule has 96 valence electrons. The topological polar surface area (TPSA) is 51.6 Å². The van der Waals surface area contributed by atoms with E-state index in [1.807, 2.05) is 18.2 Å². The van der Waals surface area contributed by atoms with E-state index >= 15 is 0 Å². The van der Waals surface area contributed by atoms with Gasteiger partial charge in [0.25, 0.3) is 0 Å². The normalized spacial score (nSPS) is 16.4. The van der Waals surface area contributed by atoms with Crippen molar-refractivity contribution in [3.63, 3.8) is 0 Å². The van der Waals surface area contributed by atoms with E-state index in [0.29, 0.717) is 12.3 Å². The molecule has 0 unspecified atom stereocenters. The number of nitrogens with two attached hydrogens (primary N) is 1. The van der Waals surface area contributed by atoms with Crippen LogP contribution >= 0.6 is 0 Å². The summed E-state index contributed by atoms with van der Waals surface area (Å²) in [5.74, 6) is 0.745. The van der Waals surface area contributed by atoms with Gasteiger partial charge in [-0.05, 0) is 38.1 Å². The molecule has 18 heavy (non-hydrogen) atoms. The molecule has 4 heteroatoms. The zero-order valence-corrected chi connectivity index (χ0v) is 10.4. The number of fused-ring (bicyclic) bond motifs is 1. The number of ether oxygens (including phenoxy) is 1. The highest BCUT2D eigenvalue weighted by Gasteiger charge is 2.12. The van der Waals surface area contributed by atoms with Crippen molar-refractivity contribution in [1.29, 1.82) is 0 Å². The van der Waals surface area contributed by atoms with Crippen molar-refractivity contribution in [2.24, 2.45) is 0 Å². The van der Waals surface area contributed by atoms with Crippen molar-refractivity contribution < 1.29 is 9.15 Å². The van der Waals surface area contributed by atoms with Crippen molar-refractivity contribution in [2.45, 2.75) is 12.8 Å². The number of nitrogen functional groups attached to an aromatic ring is 1. The Morgan fingerprint density at radius 1 is 1.28 bits per heavy atom. The molecule has 4 nitrogen and oxygen atoms in total. The molecule has 2 N–H and O–H groups in total. The van der Waals surface area contributed by atoms with E-state index in [0.717, 1.165) is 23.3 Å². The molecule has 1 aliphatic rings. The van der Waals surface area contributed by atoms with Crippen LogP contribution in [0.1, 0.15) is 12.8 Å². The van der Waals surface area contributed by atoms with Gasteiger partial charge in [0, 0.05) is 23.7 Å². The van der Waals surface area contributed by atoms with Crippen LogP contribution in [-0.2, 0) is 0 Å². The standard InChI is InChI=1S/C14H18N2O2/c15-12-9-11-3-7-18-14(11)13(10-12)17-8-6-16-4-1-2-5-16/h3,7,9-10H,1-2,4-6,8,15H2. The number of hydrogen-bond donors (Lipinski definition) is 1. The maximum Gasteiger partial charge on any atom is 0.175 e. The molecule has 2 heterocycles. The quantitative estimate of drug-likeness (QED) is 0.842. The fourth-order valence-corrected chi connectivity index (χ4v) is 2.47. The van der Waals surface area contributed by atoms with Gasteiger partial charge in [-0.3, -0.25) is 4.90 Å². The van der Waals surface area contributed by atoms with Crippen LogP contribution in [0.15, 0.2) is 28.9 Å². The van der Waals surface area contributed by atoms with E-state index in [1.165, 1.54) is 25.9 Å². The number of furan rings is 1. The number of anilines is 1. The number of likely N-dealkylation sites (tertiary alicyclic amines) is 1. The fourth-order valence-electron chi connectivity index (χ4n) is 2.47. The van der Waals surface area contributed by atoms with Crippen LogP contribution in [0.25, 0.3) is 11.0 Å². The van der Waals surface area contributed by atoms with E-state index in [-0.39, 0.29) is 0 Å². The third kappa shape index (κ3) is 2.29. The first kappa shape index (κ1) is 11.4. The molecule has 1 aromatic heterocycles. The molecule has 0 saturated carbocycles. The van der Waals surface area contributed by atoms with E-state index in [4.69, 9.17) is 14.9 Å². The Labute approximate surface area is 106 Å². The predicted octanol–water partition coefficient (Wildman–Crippen LogP) is 2.49. The lowest BCUT2D eigenvalue weighted by Gasteiger charge is -2.15.